The largest absolute Gasteiger partial charge is 0.497 e. The van der Waals surface area contributed by atoms with Crippen LogP contribution >= 0.6 is 0 Å². The van der Waals surface area contributed by atoms with Crippen molar-refractivity contribution in [2.24, 2.45) is 5.92 Å². The fraction of sp³-hybridized carbons (Fsp3) is 0.618. The molecule has 242 valence electrons. The molecule has 2 atom stereocenters. The van der Waals surface area contributed by atoms with Crippen LogP contribution in [0.5, 0.6) is 5.75 Å². The zero-order chi connectivity index (χ0) is 31.3. The molecule has 44 heavy (non-hydrogen) atoms. The number of nitrogens with one attached hydrogen (secondary N) is 1. The Kier molecular flexibility index (Phi) is 11.0. The van der Waals surface area contributed by atoms with Crippen molar-refractivity contribution >= 4 is 15.9 Å². The van der Waals surface area contributed by atoms with E-state index in [4.69, 9.17) is 9.47 Å². The molecule has 2 heterocycles. The SMILES string of the molecule is COc1cc(C)c(S(=O)(=O)N2CCCC2COCC(=O)NC2CCC(C(c3ccccc3)N3CCN(C)CC3)CC2)c(C)c1. The maximum Gasteiger partial charge on any atom is 0.246 e. The van der Waals surface area contributed by atoms with Crippen molar-refractivity contribution in [3.8, 4) is 5.75 Å². The minimum atomic E-state index is -3.70. The summed E-state index contributed by atoms with van der Waals surface area (Å²) >= 11 is 0. The van der Waals surface area contributed by atoms with E-state index in [1.165, 1.54) is 5.56 Å². The lowest BCUT2D eigenvalue weighted by atomic mass is 9.78. The summed E-state index contributed by atoms with van der Waals surface area (Å²) in [6.45, 7) is 8.57. The molecular weight excluding hydrogens is 576 g/mol. The van der Waals surface area contributed by atoms with E-state index >= 15 is 0 Å². The third kappa shape index (κ3) is 7.65. The molecule has 1 N–H and O–H groups in total. The van der Waals surface area contributed by atoms with Gasteiger partial charge in [-0.25, -0.2) is 8.42 Å². The molecule has 1 amide bonds. The van der Waals surface area contributed by atoms with Gasteiger partial charge in [-0.05, 0) is 94.2 Å². The quantitative estimate of drug-likeness (QED) is 0.401. The highest BCUT2D eigenvalue weighted by atomic mass is 32.2. The highest BCUT2D eigenvalue weighted by Gasteiger charge is 2.38. The number of benzene rings is 2. The molecule has 2 aromatic carbocycles. The summed E-state index contributed by atoms with van der Waals surface area (Å²) < 4.78 is 40.0. The highest BCUT2D eigenvalue weighted by molar-refractivity contribution is 7.89. The first-order chi connectivity index (χ1) is 21.2. The minimum absolute atomic E-state index is 0.0567. The molecule has 3 fully saturated rings. The molecule has 1 aliphatic carbocycles. The van der Waals surface area contributed by atoms with Crippen molar-refractivity contribution in [1.29, 1.82) is 0 Å². The molecule has 0 radical (unpaired) electrons. The maximum atomic E-state index is 13.7. The molecule has 10 heteroatoms. The van der Waals surface area contributed by atoms with E-state index in [0.29, 0.717) is 40.3 Å². The number of hydrogen-bond donors (Lipinski definition) is 1. The first kappa shape index (κ1) is 32.9. The third-order valence-electron chi connectivity index (χ3n) is 9.76. The fourth-order valence-corrected chi connectivity index (χ4v) is 9.61. The zero-order valence-electron chi connectivity index (χ0n) is 26.8. The number of piperazine rings is 1. The molecule has 1 saturated carbocycles. The van der Waals surface area contributed by atoms with E-state index in [0.717, 1.165) is 64.7 Å². The van der Waals surface area contributed by atoms with Crippen LogP contribution in [0.3, 0.4) is 0 Å². The Bertz CT molecular complexity index is 1330. The number of rotatable bonds is 11. The van der Waals surface area contributed by atoms with Crippen molar-refractivity contribution in [2.45, 2.75) is 75.4 Å². The smallest absolute Gasteiger partial charge is 0.246 e. The predicted molar refractivity (Wildman–Crippen MR) is 172 cm³/mol. The zero-order valence-corrected chi connectivity index (χ0v) is 27.7. The molecule has 0 spiro atoms. The van der Waals surface area contributed by atoms with Crippen LogP contribution in [-0.4, -0.2) is 101 Å². The van der Waals surface area contributed by atoms with Crippen LogP contribution in [0.1, 0.15) is 61.3 Å². The van der Waals surface area contributed by atoms with Crippen LogP contribution in [-0.2, 0) is 19.6 Å². The number of carbonyl (C=O) groups excluding carboxylic acids is 1. The monoisotopic (exact) mass is 626 g/mol. The second-order valence-electron chi connectivity index (χ2n) is 12.9. The van der Waals surface area contributed by atoms with Crippen LogP contribution < -0.4 is 10.1 Å². The van der Waals surface area contributed by atoms with Gasteiger partial charge < -0.3 is 19.7 Å². The van der Waals surface area contributed by atoms with Gasteiger partial charge in [0.1, 0.15) is 12.4 Å². The Balaban J connectivity index is 1.11. The maximum absolute atomic E-state index is 13.7. The first-order valence-corrected chi connectivity index (χ1v) is 17.6. The normalized spacial score (nSPS) is 24.7. The van der Waals surface area contributed by atoms with Crippen LogP contribution in [0.25, 0.3) is 0 Å². The van der Waals surface area contributed by atoms with Crippen molar-refractivity contribution in [3.05, 3.63) is 59.2 Å². The molecule has 2 aliphatic heterocycles. The number of nitrogens with zero attached hydrogens (tertiary/aromatic N) is 3. The number of aryl methyl sites for hydroxylation is 2. The molecule has 2 saturated heterocycles. The van der Waals surface area contributed by atoms with E-state index < -0.39 is 10.0 Å². The average Bonchev–Trinajstić information content (AvgIpc) is 3.49. The van der Waals surface area contributed by atoms with E-state index in [1.807, 2.05) is 0 Å². The second kappa shape index (κ2) is 14.7. The summed E-state index contributed by atoms with van der Waals surface area (Å²) in [7, 11) is 0.0748. The topological polar surface area (TPSA) is 91.4 Å². The standard InChI is InChI=1S/C34H50N4O5S/c1-25-21-31(42-4)22-26(2)34(25)44(40,41)38-16-8-11-30(38)23-43-24-32(39)35-29-14-12-28(13-15-29)33(27-9-6-5-7-10-27)37-19-17-36(3)18-20-37/h5-7,9-10,21-22,28-30,33H,8,11-20,23-24H2,1-4H3,(H,35,39). The lowest BCUT2D eigenvalue weighted by Gasteiger charge is -2.44. The summed E-state index contributed by atoms with van der Waals surface area (Å²) in [5, 5.41) is 3.19. The third-order valence-corrected chi connectivity index (χ3v) is 12.0. The van der Waals surface area contributed by atoms with Gasteiger partial charge in [0.05, 0.1) is 18.6 Å². The van der Waals surface area contributed by atoms with Gasteiger partial charge in [-0.15, -0.1) is 0 Å². The van der Waals surface area contributed by atoms with Gasteiger partial charge in [0.2, 0.25) is 15.9 Å². The Labute approximate surface area is 263 Å². The number of ether oxygens (including phenoxy) is 2. The molecule has 2 unspecified atom stereocenters. The Morgan fingerprint density at radius 1 is 0.955 bits per heavy atom. The van der Waals surface area contributed by atoms with Crippen LogP contribution in [0.4, 0.5) is 0 Å². The molecule has 5 rings (SSSR count). The van der Waals surface area contributed by atoms with Crippen LogP contribution in [0.2, 0.25) is 0 Å². The van der Waals surface area contributed by atoms with E-state index in [9.17, 15) is 13.2 Å². The molecule has 0 bridgehead atoms. The summed E-state index contributed by atoms with van der Waals surface area (Å²) in [4.78, 5) is 18.3. The number of methoxy groups -OCH3 is 1. The number of carbonyl (C=O) groups is 1. The summed E-state index contributed by atoms with van der Waals surface area (Å²) in [6.07, 6.45) is 5.57. The molecular formula is C34H50N4O5S. The van der Waals surface area contributed by atoms with E-state index in [-0.39, 0.29) is 31.2 Å². The van der Waals surface area contributed by atoms with Crippen molar-refractivity contribution in [1.82, 2.24) is 19.4 Å². The summed E-state index contributed by atoms with van der Waals surface area (Å²) in [5.74, 6) is 1.09. The Hall–Kier alpha value is -2.50. The summed E-state index contributed by atoms with van der Waals surface area (Å²) in [5.41, 5.74) is 2.74. The van der Waals surface area contributed by atoms with Gasteiger partial charge in [-0.1, -0.05) is 30.3 Å². The fourth-order valence-electron chi connectivity index (χ4n) is 7.51. The van der Waals surface area contributed by atoms with E-state index in [2.05, 4.69) is 52.5 Å². The Morgan fingerprint density at radius 3 is 2.25 bits per heavy atom. The predicted octanol–water partition coefficient (Wildman–Crippen LogP) is 4.15. The van der Waals surface area contributed by atoms with Gasteiger partial charge in [0.15, 0.2) is 0 Å². The van der Waals surface area contributed by atoms with E-state index in [1.54, 1.807) is 37.4 Å². The summed E-state index contributed by atoms with van der Waals surface area (Å²) in [6, 6.07) is 14.7. The van der Waals surface area contributed by atoms with Gasteiger partial charge in [0, 0.05) is 50.8 Å². The number of hydrogen-bond acceptors (Lipinski definition) is 7. The second-order valence-corrected chi connectivity index (χ2v) is 14.7. The molecule has 0 aromatic heterocycles. The number of amides is 1. The van der Waals surface area contributed by atoms with Crippen molar-refractivity contribution < 1.29 is 22.7 Å². The molecule has 3 aliphatic rings. The molecule has 9 nitrogen and oxygen atoms in total. The van der Waals surface area contributed by atoms with Gasteiger partial charge in [0.25, 0.3) is 0 Å². The lowest BCUT2D eigenvalue weighted by molar-refractivity contribution is -0.127. The average molecular weight is 627 g/mol. The van der Waals surface area contributed by atoms with Crippen LogP contribution in [0, 0.1) is 19.8 Å². The highest BCUT2D eigenvalue weighted by Crippen LogP contribution is 2.39. The number of likely N-dealkylation sites (N-methyl/N-ethyl adjacent to an activating group) is 1. The van der Waals surface area contributed by atoms with Gasteiger partial charge in [-0.2, -0.15) is 4.31 Å². The Morgan fingerprint density at radius 2 is 1.61 bits per heavy atom. The number of sulfonamides is 1. The van der Waals surface area contributed by atoms with Crippen molar-refractivity contribution in [3.63, 3.8) is 0 Å². The van der Waals surface area contributed by atoms with Gasteiger partial charge >= 0.3 is 0 Å². The van der Waals surface area contributed by atoms with Gasteiger partial charge in [-0.3, -0.25) is 9.69 Å². The molecule has 2 aromatic rings. The van der Waals surface area contributed by atoms with Crippen LogP contribution in [0.15, 0.2) is 47.4 Å². The van der Waals surface area contributed by atoms with Crippen molar-refractivity contribution in [2.75, 3.05) is 60.1 Å². The first-order valence-electron chi connectivity index (χ1n) is 16.2. The minimum Gasteiger partial charge on any atom is -0.497 e. The lowest BCUT2D eigenvalue weighted by Crippen LogP contribution is -2.48.